The highest BCUT2D eigenvalue weighted by Gasteiger charge is 2.32. The van der Waals surface area contributed by atoms with Gasteiger partial charge in [-0.15, -0.1) is 11.3 Å². The summed E-state index contributed by atoms with van der Waals surface area (Å²) in [6, 6.07) is 12.3. The molecular formula is C26H33N5O3S. The van der Waals surface area contributed by atoms with Gasteiger partial charge >= 0.3 is 6.09 Å². The van der Waals surface area contributed by atoms with Gasteiger partial charge in [0.05, 0.1) is 5.69 Å². The Kier molecular flexibility index (Phi) is 7.16. The molecule has 0 unspecified atom stereocenters. The van der Waals surface area contributed by atoms with Crippen LogP contribution in [0.2, 0.25) is 0 Å². The van der Waals surface area contributed by atoms with Crippen LogP contribution in [-0.2, 0) is 4.74 Å². The number of nitrogens with zero attached hydrogens (tertiary/aromatic N) is 1. The molecule has 3 aromatic rings. The number of thiophene rings is 1. The molecule has 0 saturated heterocycles. The number of benzene rings is 1. The van der Waals surface area contributed by atoms with E-state index >= 15 is 0 Å². The molecule has 0 radical (unpaired) electrons. The van der Waals surface area contributed by atoms with E-state index in [0.29, 0.717) is 29.6 Å². The van der Waals surface area contributed by atoms with Crippen LogP contribution in [0, 0.1) is 6.92 Å². The van der Waals surface area contributed by atoms with Crippen LogP contribution in [0.5, 0.6) is 0 Å². The molecule has 1 aliphatic carbocycles. The molecular weight excluding hydrogens is 462 g/mol. The van der Waals surface area contributed by atoms with E-state index in [4.69, 9.17) is 10.5 Å². The normalized spacial score (nSPS) is 17.5. The predicted octanol–water partition coefficient (Wildman–Crippen LogP) is 4.80. The van der Waals surface area contributed by atoms with E-state index in [9.17, 15) is 9.59 Å². The number of nitrogens with two attached hydrogens (primary N) is 1. The highest BCUT2D eigenvalue weighted by atomic mass is 32.1. The van der Waals surface area contributed by atoms with Crippen LogP contribution < -0.4 is 21.7 Å². The number of nitrogens with one attached hydrogen (secondary N) is 3. The Morgan fingerprint density at radius 1 is 1.11 bits per heavy atom. The van der Waals surface area contributed by atoms with E-state index in [1.165, 1.54) is 16.9 Å². The maximum absolute atomic E-state index is 12.8. The van der Waals surface area contributed by atoms with E-state index in [-0.39, 0.29) is 11.9 Å². The van der Waals surface area contributed by atoms with Crippen molar-refractivity contribution in [1.82, 2.24) is 15.6 Å². The van der Waals surface area contributed by atoms with Gasteiger partial charge in [0.1, 0.15) is 15.3 Å². The number of hydrogen-bond acceptors (Lipinski definition) is 7. The van der Waals surface area contributed by atoms with Crippen molar-refractivity contribution in [2.24, 2.45) is 0 Å². The minimum absolute atomic E-state index is 0.119. The number of fused-ring (bicyclic) bond motifs is 1. The first-order valence-corrected chi connectivity index (χ1v) is 12.7. The standard InChI is InChI=1S/C26H33N5O3S/c1-15-5-10-20-21(27)22(35-24(20)30-15)23(32)31-19-13-17(14-19)16-6-8-18(9-7-16)28-11-12-29-25(33)34-26(2,3)4/h5-10,17,19,28H,11-14,27H2,1-4H3,(H,29,33)(H,31,32). The maximum Gasteiger partial charge on any atom is 0.407 e. The molecule has 186 valence electrons. The van der Waals surface area contributed by atoms with Crippen LogP contribution >= 0.6 is 11.3 Å². The van der Waals surface area contributed by atoms with E-state index in [0.717, 1.165) is 34.4 Å². The quantitative estimate of drug-likeness (QED) is 0.350. The van der Waals surface area contributed by atoms with Crippen molar-refractivity contribution in [3.05, 3.63) is 52.5 Å². The second kappa shape index (κ2) is 10.1. The monoisotopic (exact) mass is 495 g/mol. The number of carbonyl (C=O) groups excluding carboxylic acids is 2. The summed E-state index contributed by atoms with van der Waals surface area (Å²) < 4.78 is 5.22. The summed E-state index contributed by atoms with van der Waals surface area (Å²) in [6.07, 6.45) is 1.39. The molecule has 35 heavy (non-hydrogen) atoms. The minimum atomic E-state index is -0.501. The van der Waals surface area contributed by atoms with E-state index in [2.05, 4.69) is 33.1 Å². The molecule has 0 spiro atoms. The molecule has 1 saturated carbocycles. The predicted molar refractivity (Wildman–Crippen MR) is 141 cm³/mol. The number of ether oxygens (including phenoxy) is 1. The van der Waals surface area contributed by atoms with Crippen LogP contribution in [0.25, 0.3) is 10.2 Å². The summed E-state index contributed by atoms with van der Waals surface area (Å²) in [5, 5.41) is 9.99. The number of aryl methyl sites for hydroxylation is 1. The summed E-state index contributed by atoms with van der Waals surface area (Å²) in [4.78, 5) is 30.3. The average Bonchev–Trinajstić information content (AvgIpc) is 3.08. The van der Waals surface area contributed by atoms with Gasteiger partial charge in [-0.3, -0.25) is 4.79 Å². The van der Waals surface area contributed by atoms with Gasteiger partial charge in [0.2, 0.25) is 0 Å². The van der Waals surface area contributed by atoms with Crippen LogP contribution in [0.15, 0.2) is 36.4 Å². The van der Waals surface area contributed by atoms with E-state index < -0.39 is 11.7 Å². The number of carbonyl (C=O) groups is 2. The van der Waals surface area contributed by atoms with Crippen LogP contribution in [0.3, 0.4) is 0 Å². The van der Waals surface area contributed by atoms with Gasteiger partial charge in [-0.25, -0.2) is 9.78 Å². The number of pyridine rings is 1. The fourth-order valence-corrected chi connectivity index (χ4v) is 5.12. The molecule has 2 aromatic heterocycles. The van der Waals surface area contributed by atoms with Crippen molar-refractivity contribution >= 4 is 44.9 Å². The summed E-state index contributed by atoms with van der Waals surface area (Å²) in [5.41, 5.74) is 9.39. The van der Waals surface area contributed by atoms with Gasteiger partial charge in [0.15, 0.2) is 0 Å². The molecule has 5 N–H and O–H groups in total. The van der Waals surface area contributed by atoms with Crippen molar-refractivity contribution in [2.75, 3.05) is 24.1 Å². The topological polar surface area (TPSA) is 118 Å². The maximum atomic E-state index is 12.8. The Bertz CT molecular complexity index is 1210. The minimum Gasteiger partial charge on any atom is -0.444 e. The lowest BCUT2D eigenvalue weighted by atomic mass is 9.76. The number of anilines is 2. The van der Waals surface area contributed by atoms with Gasteiger partial charge in [0, 0.05) is 35.9 Å². The van der Waals surface area contributed by atoms with E-state index in [1.54, 1.807) is 0 Å². The van der Waals surface area contributed by atoms with Gasteiger partial charge in [0.25, 0.3) is 5.91 Å². The number of nitrogen functional groups attached to an aromatic ring is 1. The van der Waals surface area contributed by atoms with Crippen LogP contribution in [0.1, 0.15) is 60.5 Å². The Balaban J connectivity index is 1.21. The van der Waals surface area contributed by atoms with Gasteiger partial charge in [-0.2, -0.15) is 0 Å². The largest absolute Gasteiger partial charge is 0.444 e. The number of aromatic nitrogens is 1. The third-order valence-corrected chi connectivity index (χ3v) is 7.03. The third kappa shape index (κ3) is 6.22. The SMILES string of the molecule is Cc1ccc2c(N)c(C(=O)NC3CC(c4ccc(NCCNC(=O)OC(C)(C)C)cc4)C3)sc2n1. The van der Waals surface area contributed by atoms with Crippen molar-refractivity contribution in [2.45, 2.75) is 58.1 Å². The average molecular weight is 496 g/mol. The molecule has 1 aromatic carbocycles. The Labute approximate surface area is 209 Å². The van der Waals surface area contributed by atoms with Crippen molar-refractivity contribution in [3.63, 3.8) is 0 Å². The number of amides is 2. The third-order valence-electron chi connectivity index (χ3n) is 5.92. The molecule has 4 rings (SSSR count). The lowest BCUT2D eigenvalue weighted by Gasteiger charge is -2.36. The summed E-state index contributed by atoms with van der Waals surface area (Å²) in [6.45, 7) is 8.52. The molecule has 9 heteroatoms. The zero-order chi connectivity index (χ0) is 25.2. The number of alkyl carbamates (subject to hydrolysis) is 1. The molecule has 2 heterocycles. The number of hydrogen-bond donors (Lipinski definition) is 4. The lowest BCUT2D eigenvalue weighted by molar-refractivity contribution is 0.0529. The Hall–Kier alpha value is -3.33. The fourth-order valence-electron chi connectivity index (χ4n) is 4.08. The first-order chi connectivity index (χ1) is 16.6. The van der Waals surface area contributed by atoms with E-state index in [1.807, 2.05) is 52.0 Å². The second-order valence-corrected chi connectivity index (χ2v) is 11.0. The highest BCUT2D eigenvalue weighted by molar-refractivity contribution is 7.21. The van der Waals surface area contributed by atoms with Crippen molar-refractivity contribution < 1.29 is 14.3 Å². The second-order valence-electron chi connectivity index (χ2n) is 9.97. The molecule has 0 bridgehead atoms. The lowest BCUT2D eigenvalue weighted by Crippen LogP contribution is -2.43. The Morgan fingerprint density at radius 2 is 1.83 bits per heavy atom. The van der Waals surface area contributed by atoms with Gasteiger partial charge in [-0.05, 0) is 76.3 Å². The summed E-state index contributed by atoms with van der Waals surface area (Å²) in [5.74, 6) is 0.304. The highest BCUT2D eigenvalue weighted by Crippen LogP contribution is 2.38. The molecule has 8 nitrogen and oxygen atoms in total. The summed E-state index contributed by atoms with van der Waals surface area (Å²) in [7, 11) is 0. The summed E-state index contributed by atoms with van der Waals surface area (Å²) >= 11 is 1.35. The van der Waals surface area contributed by atoms with Crippen molar-refractivity contribution in [3.8, 4) is 0 Å². The van der Waals surface area contributed by atoms with Crippen molar-refractivity contribution in [1.29, 1.82) is 0 Å². The molecule has 0 aliphatic heterocycles. The molecule has 2 amide bonds. The zero-order valence-electron chi connectivity index (χ0n) is 20.6. The zero-order valence-corrected chi connectivity index (χ0v) is 21.4. The first-order valence-electron chi connectivity index (χ1n) is 11.9. The molecule has 1 aliphatic rings. The van der Waals surface area contributed by atoms with Crippen LogP contribution in [-0.4, -0.2) is 41.7 Å². The Morgan fingerprint density at radius 3 is 2.51 bits per heavy atom. The molecule has 0 atom stereocenters. The first kappa shape index (κ1) is 24.8. The van der Waals surface area contributed by atoms with Crippen LogP contribution in [0.4, 0.5) is 16.2 Å². The molecule has 1 fully saturated rings. The fraction of sp³-hybridized carbons (Fsp3) is 0.423. The van der Waals surface area contributed by atoms with Gasteiger partial charge < -0.3 is 26.4 Å². The smallest absolute Gasteiger partial charge is 0.407 e. The number of rotatable bonds is 7. The van der Waals surface area contributed by atoms with Gasteiger partial charge in [-0.1, -0.05) is 12.1 Å².